The summed E-state index contributed by atoms with van der Waals surface area (Å²) in [5, 5.41) is 15.1. The number of guanidine groups is 1. The topological polar surface area (TPSA) is 83.0 Å². The maximum atomic E-state index is 12.5. The van der Waals surface area contributed by atoms with Crippen molar-refractivity contribution in [3.63, 3.8) is 0 Å². The third kappa shape index (κ3) is 3.20. The molecule has 0 atom stereocenters. The molecular formula is C8H9FN4O. The maximum absolute atomic E-state index is 12.5. The van der Waals surface area contributed by atoms with E-state index in [9.17, 15) is 4.39 Å². The molecule has 0 fully saturated rings. The molecule has 0 spiro atoms. The van der Waals surface area contributed by atoms with Crippen molar-refractivity contribution >= 4 is 12.2 Å². The summed E-state index contributed by atoms with van der Waals surface area (Å²) in [4.78, 5) is 0. The molecule has 0 bridgehead atoms. The Morgan fingerprint density at radius 1 is 1.43 bits per heavy atom. The standard InChI is InChI=1S/C8H9FN4O/c9-7-3-1-6(2-4-7)5-11-12-8(10)13-14/h1-5,14H,(H3,10,12,13)/b11-5+. The van der Waals surface area contributed by atoms with E-state index in [2.05, 4.69) is 10.2 Å². The summed E-state index contributed by atoms with van der Waals surface area (Å²) in [6.07, 6.45) is 1.38. The molecule has 0 aromatic heterocycles. The normalized spacial score (nSPS) is 12.0. The van der Waals surface area contributed by atoms with E-state index >= 15 is 0 Å². The second kappa shape index (κ2) is 4.93. The summed E-state index contributed by atoms with van der Waals surface area (Å²) in [5.74, 6) is -0.537. The first-order valence-electron chi connectivity index (χ1n) is 3.74. The minimum Gasteiger partial charge on any atom is -0.367 e. The Morgan fingerprint density at radius 2 is 2.07 bits per heavy atom. The molecule has 0 amide bonds. The average Bonchev–Trinajstić information content (AvgIpc) is 2.21. The lowest BCUT2D eigenvalue weighted by atomic mass is 10.2. The van der Waals surface area contributed by atoms with Crippen molar-refractivity contribution < 1.29 is 9.60 Å². The quantitative estimate of drug-likeness (QED) is 0.365. The van der Waals surface area contributed by atoms with Gasteiger partial charge in [-0.25, -0.2) is 9.87 Å². The lowest BCUT2D eigenvalue weighted by Gasteiger charge is -1.92. The van der Waals surface area contributed by atoms with E-state index in [0.717, 1.165) is 0 Å². The van der Waals surface area contributed by atoms with Crippen LogP contribution in [-0.2, 0) is 0 Å². The molecule has 1 aromatic carbocycles. The van der Waals surface area contributed by atoms with Gasteiger partial charge >= 0.3 is 0 Å². The van der Waals surface area contributed by atoms with Crippen molar-refractivity contribution in [3.8, 4) is 0 Å². The van der Waals surface area contributed by atoms with E-state index in [-0.39, 0.29) is 11.8 Å². The van der Waals surface area contributed by atoms with Crippen LogP contribution < -0.4 is 11.2 Å². The number of hydroxylamine groups is 1. The van der Waals surface area contributed by atoms with Crippen LogP contribution in [0.25, 0.3) is 0 Å². The molecule has 0 aliphatic rings. The van der Waals surface area contributed by atoms with Crippen LogP contribution in [0, 0.1) is 5.82 Å². The minimum atomic E-state index is -0.317. The highest BCUT2D eigenvalue weighted by Gasteiger charge is 1.89. The van der Waals surface area contributed by atoms with Gasteiger partial charge in [0.15, 0.2) is 0 Å². The molecule has 74 valence electrons. The van der Waals surface area contributed by atoms with Crippen molar-refractivity contribution in [1.82, 2.24) is 5.48 Å². The van der Waals surface area contributed by atoms with Crippen molar-refractivity contribution in [2.24, 2.45) is 15.9 Å². The summed E-state index contributed by atoms with van der Waals surface area (Å²) in [6, 6.07) is 5.69. The van der Waals surface area contributed by atoms with E-state index in [1.807, 2.05) is 0 Å². The van der Waals surface area contributed by atoms with E-state index < -0.39 is 0 Å². The molecule has 1 rings (SSSR count). The molecule has 0 aliphatic heterocycles. The summed E-state index contributed by atoms with van der Waals surface area (Å²) in [6.45, 7) is 0. The number of hydrogen-bond donors (Lipinski definition) is 3. The van der Waals surface area contributed by atoms with Crippen LogP contribution in [0.2, 0.25) is 0 Å². The molecule has 1 aromatic rings. The van der Waals surface area contributed by atoms with Gasteiger partial charge in [0.25, 0.3) is 0 Å². The molecule has 0 radical (unpaired) electrons. The zero-order chi connectivity index (χ0) is 10.4. The fourth-order valence-electron chi connectivity index (χ4n) is 0.729. The third-order valence-electron chi connectivity index (χ3n) is 1.36. The van der Waals surface area contributed by atoms with Crippen LogP contribution in [-0.4, -0.2) is 17.4 Å². The Hall–Kier alpha value is -1.95. The van der Waals surface area contributed by atoms with Crippen LogP contribution in [0.15, 0.2) is 34.5 Å². The van der Waals surface area contributed by atoms with Crippen LogP contribution >= 0.6 is 0 Å². The van der Waals surface area contributed by atoms with Crippen LogP contribution in [0.1, 0.15) is 5.56 Å². The number of nitrogens with two attached hydrogens (primary N) is 1. The van der Waals surface area contributed by atoms with Gasteiger partial charge < -0.3 is 5.73 Å². The monoisotopic (exact) mass is 196 g/mol. The molecule has 4 N–H and O–H groups in total. The number of halogens is 1. The predicted molar refractivity (Wildman–Crippen MR) is 50.5 cm³/mol. The molecule has 0 unspecified atom stereocenters. The minimum absolute atomic E-state index is 0.219. The summed E-state index contributed by atoms with van der Waals surface area (Å²) in [5.41, 5.74) is 7.37. The molecule has 6 heteroatoms. The molecule has 5 nitrogen and oxygen atoms in total. The molecular weight excluding hydrogens is 187 g/mol. The van der Waals surface area contributed by atoms with Gasteiger partial charge in [-0.3, -0.25) is 5.21 Å². The zero-order valence-corrected chi connectivity index (χ0v) is 7.18. The predicted octanol–water partition coefficient (Wildman–Crippen LogP) is 0.453. The lowest BCUT2D eigenvalue weighted by Crippen LogP contribution is -2.27. The lowest BCUT2D eigenvalue weighted by molar-refractivity contribution is 0.232. The van der Waals surface area contributed by atoms with Gasteiger partial charge in [0.2, 0.25) is 5.96 Å². The zero-order valence-electron chi connectivity index (χ0n) is 7.18. The smallest absolute Gasteiger partial charge is 0.237 e. The highest BCUT2D eigenvalue weighted by atomic mass is 19.1. The molecule has 0 saturated carbocycles. The Morgan fingerprint density at radius 3 is 2.64 bits per heavy atom. The average molecular weight is 196 g/mol. The van der Waals surface area contributed by atoms with E-state index in [4.69, 9.17) is 10.9 Å². The number of benzene rings is 1. The first-order chi connectivity index (χ1) is 6.72. The van der Waals surface area contributed by atoms with Gasteiger partial charge in [0.1, 0.15) is 5.82 Å². The molecule has 0 aliphatic carbocycles. The van der Waals surface area contributed by atoms with Gasteiger partial charge in [-0.15, -0.1) is 5.10 Å². The van der Waals surface area contributed by atoms with Gasteiger partial charge in [0, 0.05) is 0 Å². The summed E-state index contributed by atoms with van der Waals surface area (Å²) < 4.78 is 12.5. The number of nitrogens with zero attached hydrogens (tertiary/aromatic N) is 2. The van der Waals surface area contributed by atoms with Gasteiger partial charge in [-0.05, 0) is 17.7 Å². The SMILES string of the molecule is N/C(=N/N=C/c1ccc(F)cc1)NO. The Bertz CT molecular complexity index is 347. The number of nitrogens with one attached hydrogen (secondary N) is 1. The first-order valence-corrected chi connectivity index (χ1v) is 3.74. The largest absolute Gasteiger partial charge is 0.367 e. The highest BCUT2D eigenvalue weighted by molar-refractivity contribution is 5.81. The van der Waals surface area contributed by atoms with E-state index in [1.165, 1.54) is 30.5 Å². The van der Waals surface area contributed by atoms with Crippen molar-refractivity contribution in [2.45, 2.75) is 0 Å². The van der Waals surface area contributed by atoms with Gasteiger partial charge in [-0.1, -0.05) is 12.1 Å². The molecule has 0 heterocycles. The fraction of sp³-hybridized carbons (Fsp3) is 0. The summed E-state index contributed by atoms with van der Waals surface area (Å²) in [7, 11) is 0. The van der Waals surface area contributed by atoms with Crippen molar-refractivity contribution in [2.75, 3.05) is 0 Å². The van der Waals surface area contributed by atoms with E-state index in [1.54, 1.807) is 5.48 Å². The summed E-state index contributed by atoms with van der Waals surface area (Å²) >= 11 is 0. The second-order valence-electron chi connectivity index (χ2n) is 2.39. The third-order valence-corrected chi connectivity index (χ3v) is 1.36. The van der Waals surface area contributed by atoms with Crippen molar-refractivity contribution in [1.29, 1.82) is 0 Å². The Labute approximate surface area is 79.7 Å². The van der Waals surface area contributed by atoms with E-state index in [0.29, 0.717) is 5.56 Å². The maximum Gasteiger partial charge on any atom is 0.237 e. The number of rotatable bonds is 2. The fourth-order valence-corrected chi connectivity index (χ4v) is 0.729. The van der Waals surface area contributed by atoms with Crippen molar-refractivity contribution in [3.05, 3.63) is 35.6 Å². The molecule has 14 heavy (non-hydrogen) atoms. The molecule has 0 saturated heterocycles. The second-order valence-corrected chi connectivity index (χ2v) is 2.39. The van der Waals surface area contributed by atoms with Crippen LogP contribution in [0.4, 0.5) is 4.39 Å². The first kappa shape index (κ1) is 10.1. The Kier molecular flexibility index (Phi) is 3.57. The number of hydrogen-bond acceptors (Lipinski definition) is 3. The highest BCUT2D eigenvalue weighted by Crippen LogP contribution is 1.99. The Balaban J connectivity index is 2.65. The van der Waals surface area contributed by atoms with Gasteiger partial charge in [-0.2, -0.15) is 5.10 Å². The van der Waals surface area contributed by atoms with Crippen LogP contribution in [0.5, 0.6) is 0 Å². The van der Waals surface area contributed by atoms with Gasteiger partial charge in [0.05, 0.1) is 6.21 Å². The van der Waals surface area contributed by atoms with Crippen LogP contribution in [0.3, 0.4) is 0 Å².